The second-order valence-electron chi connectivity index (χ2n) is 7.95. The Hall–Kier alpha value is -3.06. The first-order valence-electron chi connectivity index (χ1n) is 10.9. The average molecular weight is 441 g/mol. The number of nitrogens with one attached hydrogen (secondary N) is 1. The van der Waals surface area contributed by atoms with Crippen molar-refractivity contribution in [1.29, 1.82) is 0 Å². The largest absolute Gasteiger partial charge is 0.497 e. The van der Waals surface area contributed by atoms with Crippen LogP contribution in [0.25, 0.3) is 0 Å². The number of hydrogen-bond acceptors (Lipinski definition) is 5. The van der Waals surface area contributed by atoms with Crippen LogP contribution in [0.3, 0.4) is 0 Å². The summed E-state index contributed by atoms with van der Waals surface area (Å²) < 4.78 is 16.0. The fourth-order valence-electron chi connectivity index (χ4n) is 4.06. The molecule has 0 saturated carbocycles. The van der Waals surface area contributed by atoms with E-state index in [9.17, 15) is 9.59 Å². The molecular formula is C25H32N2O5. The first-order chi connectivity index (χ1) is 15.5. The van der Waals surface area contributed by atoms with Gasteiger partial charge in [0.15, 0.2) is 6.10 Å². The maximum absolute atomic E-state index is 12.9. The number of methoxy groups -OCH3 is 3. The minimum atomic E-state index is -0.571. The molecule has 1 saturated heterocycles. The predicted octanol–water partition coefficient (Wildman–Crippen LogP) is 4.05. The molecule has 1 N–H and O–H groups in total. The Morgan fingerprint density at radius 3 is 2.38 bits per heavy atom. The summed E-state index contributed by atoms with van der Waals surface area (Å²) in [6.07, 6.45) is 2.42. The maximum Gasteiger partial charge on any atom is 0.256 e. The number of piperidine rings is 1. The molecule has 0 aromatic heterocycles. The molecule has 172 valence electrons. The molecule has 1 unspecified atom stereocenters. The van der Waals surface area contributed by atoms with Crippen molar-refractivity contribution < 1.29 is 23.8 Å². The minimum Gasteiger partial charge on any atom is -0.497 e. The quantitative estimate of drug-likeness (QED) is 0.637. The number of rotatable bonds is 9. The molecule has 1 atom stereocenters. The van der Waals surface area contributed by atoms with Gasteiger partial charge in [-0.3, -0.25) is 9.59 Å². The van der Waals surface area contributed by atoms with Crippen LogP contribution in [0.1, 0.15) is 37.4 Å². The van der Waals surface area contributed by atoms with Crippen LogP contribution in [0.5, 0.6) is 11.5 Å². The Morgan fingerprint density at radius 1 is 1.03 bits per heavy atom. The van der Waals surface area contributed by atoms with Crippen LogP contribution < -0.4 is 14.8 Å². The van der Waals surface area contributed by atoms with Gasteiger partial charge in [-0.25, -0.2) is 0 Å². The van der Waals surface area contributed by atoms with Crippen LogP contribution in [-0.2, 0) is 14.3 Å². The number of anilines is 1. The number of ether oxygens (including phenoxy) is 3. The topological polar surface area (TPSA) is 77.1 Å². The van der Waals surface area contributed by atoms with Gasteiger partial charge in [-0.15, -0.1) is 0 Å². The van der Waals surface area contributed by atoms with E-state index < -0.39 is 6.10 Å². The number of nitrogens with zero attached hydrogens (tertiary/aromatic N) is 1. The van der Waals surface area contributed by atoms with Crippen molar-refractivity contribution in [3.8, 4) is 11.5 Å². The van der Waals surface area contributed by atoms with E-state index in [1.54, 1.807) is 39.5 Å². The van der Waals surface area contributed by atoms with E-state index in [1.807, 2.05) is 35.2 Å². The smallest absolute Gasteiger partial charge is 0.256 e. The third-order valence-corrected chi connectivity index (χ3v) is 5.95. The van der Waals surface area contributed by atoms with Gasteiger partial charge in [0.25, 0.3) is 5.91 Å². The van der Waals surface area contributed by atoms with Crippen LogP contribution in [0.2, 0.25) is 0 Å². The molecule has 0 radical (unpaired) electrons. The predicted molar refractivity (Wildman–Crippen MR) is 123 cm³/mol. The van der Waals surface area contributed by atoms with Crippen LogP contribution >= 0.6 is 0 Å². The third kappa shape index (κ3) is 6.01. The molecule has 2 aromatic rings. The summed E-state index contributed by atoms with van der Waals surface area (Å²) in [4.78, 5) is 27.3. The molecule has 2 amide bonds. The second-order valence-corrected chi connectivity index (χ2v) is 7.95. The monoisotopic (exact) mass is 440 g/mol. The van der Waals surface area contributed by atoms with E-state index in [1.165, 1.54) is 0 Å². The summed E-state index contributed by atoms with van der Waals surface area (Å²) in [5.74, 6) is 1.61. The zero-order chi connectivity index (χ0) is 22.9. The Balaban J connectivity index is 1.46. The van der Waals surface area contributed by atoms with Crippen molar-refractivity contribution in [3.05, 3.63) is 54.1 Å². The lowest BCUT2D eigenvalue weighted by Crippen LogP contribution is -2.41. The normalized spacial score (nSPS) is 15.2. The second kappa shape index (κ2) is 11.5. The van der Waals surface area contributed by atoms with Crippen molar-refractivity contribution in [2.24, 2.45) is 5.92 Å². The van der Waals surface area contributed by atoms with Crippen molar-refractivity contribution in [1.82, 2.24) is 4.90 Å². The van der Waals surface area contributed by atoms with Crippen molar-refractivity contribution in [2.75, 3.05) is 39.7 Å². The fraction of sp³-hybridized carbons (Fsp3) is 0.440. The Kier molecular flexibility index (Phi) is 8.50. The lowest BCUT2D eigenvalue weighted by Gasteiger charge is -2.34. The highest BCUT2D eigenvalue weighted by atomic mass is 16.5. The molecule has 0 aliphatic carbocycles. The number of likely N-dealkylation sites (tertiary alicyclic amines) is 1. The summed E-state index contributed by atoms with van der Waals surface area (Å²) >= 11 is 0. The van der Waals surface area contributed by atoms with E-state index in [-0.39, 0.29) is 11.8 Å². The van der Waals surface area contributed by atoms with Crippen molar-refractivity contribution >= 4 is 17.5 Å². The van der Waals surface area contributed by atoms with Gasteiger partial charge in [0.05, 0.1) is 19.9 Å². The molecule has 32 heavy (non-hydrogen) atoms. The molecule has 3 rings (SSSR count). The maximum atomic E-state index is 12.9. The summed E-state index contributed by atoms with van der Waals surface area (Å²) in [6.45, 7) is 1.37. The average Bonchev–Trinajstić information content (AvgIpc) is 2.84. The number of hydrogen-bond donors (Lipinski definition) is 1. The van der Waals surface area contributed by atoms with Gasteiger partial charge in [0, 0.05) is 32.7 Å². The third-order valence-electron chi connectivity index (χ3n) is 5.95. The summed E-state index contributed by atoms with van der Waals surface area (Å²) in [5.41, 5.74) is 1.50. The Morgan fingerprint density at radius 2 is 1.75 bits per heavy atom. The zero-order valence-corrected chi connectivity index (χ0v) is 19.0. The lowest BCUT2D eigenvalue weighted by molar-refractivity contribution is -0.144. The standard InChI is InChI=1S/C25H32N2O5/c1-30-20-10-11-21(22(17-20)31-2)26-23(28)12-9-18-13-15-27(16-14-18)25(29)24(32-3)19-7-5-4-6-8-19/h4-8,10-11,17-18,24H,9,12-16H2,1-3H3,(H,26,28). The molecule has 2 aromatic carbocycles. The number of benzene rings is 2. The first-order valence-corrected chi connectivity index (χ1v) is 10.9. The molecule has 0 spiro atoms. The van der Waals surface area contributed by atoms with Gasteiger partial charge >= 0.3 is 0 Å². The SMILES string of the molecule is COc1ccc(NC(=O)CCC2CCN(C(=O)C(OC)c3ccccc3)CC2)c(OC)c1. The Labute approximate surface area is 189 Å². The minimum absolute atomic E-state index is 0.00138. The highest BCUT2D eigenvalue weighted by Gasteiger charge is 2.29. The molecule has 7 nitrogen and oxygen atoms in total. The van der Waals surface area contributed by atoms with Gasteiger partial charge in [-0.2, -0.15) is 0 Å². The van der Waals surface area contributed by atoms with Crippen molar-refractivity contribution in [3.63, 3.8) is 0 Å². The van der Waals surface area contributed by atoms with E-state index in [0.29, 0.717) is 42.6 Å². The van der Waals surface area contributed by atoms with E-state index in [2.05, 4.69) is 5.32 Å². The van der Waals surface area contributed by atoms with E-state index in [0.717, 1.165) is 24.8 Å². The summed E-state index contributed by atoms with van der Waals surface area (Å²) in [7, 11) is 4.72. The fourth-order valence-corrected chi connectivity index (χ4v) is 4.06. The van der Waals surface area contributed by atoms with Gasteiger partial charge in [-0.05, 0) is 42.9 Å². The zero-order valence-electron chi connectivity index (χ0n) is 19.0. The molecule has 1 fully saturated rings. The molecular weight excluding hydrogens is 408 g/mol. The highest BCUT2D eigenvalue weighted by Crippen LogP contribution is 2.30. The van der Waals surface area contributed by atoms with E-state index >= 15 is 0 Å². The van der Waals surface area contributed by atoms with Gasteiger partial charge in [-0.1, -0.05) is 30.3 Å². The van der Waals surface area contributed by atoms with E-state index in [4.69, 9.17) is 14.2 Å². The van der Waals surface area contributed by atoms with Gasteiger partial charge in [0.2, 0.25) is 5.91 Å². The van der Waals surface area contributed by atoms with Gasteiger partial charge < -0.3 is 24.4 Å². The van der Waals surface area contributed by atoms with Crippen LogP contribution in [0, 0.1) is 5.92 Å². The molecule has 7 heteroatoms. The molecule has 0 bridgehead atoms. The van der Waals surface area contributed by atoms with Crippen LogP contribution in [0.4, 0.5) is 5.69 Å². The van der Waals surface area contributed by atoms with Crippen molar-refractivity contribution in [2.45, 2.75) is 31.8 Å². The summed E-state index contributed by atoms with van der Waals surface area (Å²) in [5, 5.41) is 2.92. The molecule has 1 heterocycles. The molecule has 1 aliphatic heterocycles. The summed E-state index contributed by atoms with van der Waals surface area (Å²) in [6, 6.07) is 14.9. The highest BCUT2D eigenvalue weighted by molar-refractivity contribution is 5.92. The Bertz CT molecular complexity index is 894. The van der Waals surface area contributed by atoms with Gasteiger partial charge in [0.1, 0.15) is 11.5 Å². The number of carbonyl (C=O) groups is 2. The molecule has 1 aliphatic rings. The number of carbonyl (C=O) groups excluding carboxylic acids is 2. The number of amides is 2. The first kappa shape index (κ1) is 23.6. The lowest BCUT2D eigenvalue weighted by atomic mass is 9.91. The van der Waals surface area contributed by atoms with Crippen LogP contribution in [0.15, 0.2) is 48.5 Å². The van der Waals surface area contributed by atoms with Crippen LogP contribution in [-0.4, -0.2) is 51.1 Å².